The Kier molecular flexibility index (Phi) is 7.21. The van der Waals surface area contributed by atoms with Crippen LogP contribution in [-0.4, -0.2) is 21.8 Å². The van der Waals surface area contributed by atoms with Crippen molar-refractivity contribution in [2.45, 2.75) is 67.2 Å². The molecular weight excluding hydrogens is 344 g/mol. The van der Waals surface area contributed by atoms with Crippen LogP contribution >= 0.6 is 11.3 Å². The second-order valence-corrected chi connectivity index (χ2v) is 8.04. The van der Waals surface area contributed by atoms with Gasteiger partial charge in [-0.25, -0.2) is 4.98 Å². The zero-order valence-electron chi connectivity index (χ0n) is 16.7. The van der Waals surface area contributed by atoms with Gasteiger partial charge in [-0.15, -0.1) is 11.3 Å². The summed E-state index contributed by atoms with van der Waals surface area (Å²) in [6.45, 7) is 13.3. The van der Waals surface area contributed by atoms with Gasteiger partial charge in [0.05, 0.1) is 12.2 Å². The van der Waals surface area contributed by atoms with Crippen LogP contribution in [0.3, 0.4) is 0 Å². The minimum absolute atomic E-state index is 0.00488. The number of hydrogen-bond donors (Lipinski definition) is 0. The fourth-order valence-electron chi connectivity index (χ4n) is 2.69. The summed E-state index contributed by atoms with van der Waals surface area (Å²) in [5, 5.41) is 2.96. The summed E-state index contributed by atoms with van der Waals surface area (Å²) in [5.74, 6) is 1.08. The van der Waals surface area contributed by atoms with E-state index in [4.69, 9.17) is 4.74 Å². The van der Waals surface area contributed by atoms with Crippen LogP contribution in [0.5, 0.6) is 5.75 Å². The van der Waals surface area contributed by atoms with Crippen LogP contribution < -0.4 is 4.74 Å². The molecule has 0 saturated heterocycles. The highest BCUT2D eigenvalue weighted by atomic mass is 32.1. The average Bonchev–Trinajstić information content (AvgIpc) is 3.07. The van der Waals surface area contributed by atoms with E-state index in [0.29, 0.717) is 13.2 Å². The van der Waals surface area contributed by atoms with Gasteiger partial charge >= 0.3 is 0 Å². The number of carbonyl (C=O) groups excluding carboxylic acids is 1. The number of hydrogen-bond acceptors (Lipinski definition) is 4. The molecule has 0 fully saturated rings. The van der Waals surface area contributed by atoms with E-state index in [1.54, 1.807) is 11.3 Å². The van der Waals surface area contributed by atoms with E-state index >= 15 is 0 Å². The first-order chi connectivity index (χ1) is 12.3. The molecule has 142 valence electrons. The molecule has 1 heterocycles. The number of rotatable bonds is 8. The standard InChI is InChI=1S/C21H30N2O2S/c1-7-16(5)23(21(24)14(2)3)11-18-13-26-20(22-18)12-25-19-10-8-9-15(4)17(19)6/h8-10,13-14,16H,7,11-12H2,1-6H3. The van der Waals surface area contributed by atoms with Crippen molar-refractivity contribution in [3.63, 3.8) is 0 Å². The van der Waals surface area contributed by atoms with Crippen molar-refractivity contribution < 1.29 is 9.53 Å². The fourth-order valence-corrected chi connectivity index (χ4v) is 3.38. The lowest BCUT2D eigenvalue weighted by atomic mass is 10.1. The van der Waals surface area contributed by atoms with Crippen molar-refractivity contribution in [2.24, 2.45) is 5.92 Å². The van der Waals surface area contributed by atoms with E-state index in [-0.39, 0.29) is 17.9 Å². The quantitative estimate of drug-likeness (QED) is 0.644. The highest BCUT2D eigenvalue weighted by Crippen LogP contribution is 2.23. The Bertz CT molecular complexity index is 739. The molecule has 2 rings (SSSR count). The molecule has 0 aliphatic rings. The molecule has 1 unspecified atom stereocenters. The minimum Gasteiger partial charge on any atom is -0.486 e. The van der Waals surface area contributed by atoms with E-state index in [9.17, 15) is 4.79 Å². The lowest BCUT2D eigenvalue weighted by Gasteiger charge is -2.29. The third kappa shape index (κ3) is 5.07. The normalized spacial score (nSPS) is 12.3. The minimum atomic E-state index is -0.00488. The van der Waals surface area contributed by atoms with Gasteiger partial charge in [0.2, 0.25) is 5.91 Å². The number of amides is 1. The first-order valence-corrected chi connectivity index (χ1v) is 10.1. The Labute approximate surface area is 161 Å². The number of carbonyl (C=O) groups is 1. The van der Waals surface area contributed by atoms with E-state index < -0.39 is 0 Å². The van der Waals surface area contributed by atoms with E-state index in [1.807, 2.05) is 36.3 Å². The molecular formula is C21H30N2O2S. The van der Waals surface area contributed by atoms with Crippen LogP contribution in [0.15, 0.2) is 23.6 Å². The van der Waals surface area contributed by atoms with Gasteiger partial charge in [-0.1, -0.05) is 32.9 Å². The Morgan fingerprint density at radius 2 is 2.00 bits per heavy atom. The van der Waals surface area contributed by atoms with Gasteiger partial charge in [-0.3, -0.25) is 4.79 Å². The molecule has 1 aromatic carbocycles. The molecule has 0 bridgehead atoms. The van der Waals surface area contributed by atoms with Crippen molar-refractivity contribution in [1.82, 2.24) is 9.88 Å². The molecule has 0 aliphatic carbocycles. The number of nitrogens with zero attached hydrogens (tertiary/aromatic N) is 2. The lowest BCUT2D eigenvalue weighted by Crippen LogP contribution is -2.40. The Morgan fingerprint density at radius 1 is 1.27 bits per heavy atom. The van der Waals surface area contributed by atoms with Gasteiger partial charge in [0.25, 0.3) is 0 Å². The predicted molar refractivity (Wildman–Crippen MR) is 108 cm³/mol. The van der Waals surface area contributed by atoms with Crippen molar-refractivity contribution in [2.75, 3.05) is 0 Å². The number of aryl methyl sites for hydroxylation is 1. The van der Waals surface area contributed by atoms with Gasteiger partial charge in [-0.05, 0) is 44.4 Å². The summed E-state index contributed by atoms with van der Waals surface area (Å²) >= 11 is 1.59. The smallest absolute Gasteiger partial charge is 0.225 e. The fraction of sp³-hybridized carbons (Fsp3) is 0.524. The van der Waals surface area contributed by atoms with Crippen LogP contribution in [0, 0.1) is 19.8 Å². The third-order valence-electron chi connectivity index (χ3n) is 4.74. The van der Waals surface area contributed by atoms with Crippen molar-refractivity contribution >= 4 is 17.2 Å². The molecule has 1 atom stereocenters. The second-order valence-electron chi connectivity index (χ2n) is 7.10. The molecule has 4 nitrogen and oxygen atoms in total. The van der Waals surface area contributed by atoms with Gasteiger partial charge in [-0.2, -0.15) is 0 Å². The number of benzene rings is 1. The Morgan fingerprint density at radius 3 is 2.65 bits per heavy atom. The van der Waals surface area contributed by atoms with Crippen LogP contribution in [0.4, 0.5) is 0 Å². The number of ether oxygens (including phenoxy) is 1. The topological polar surface area (TPSA) is 42.4 Å². The van der Waals surface area contributed by atoms with Gasteiger partial charge < -0.3 is 9.64 Å². The van der Waals surface area contributed by atoms with Crippen molar-refractivity contribution in [3.8, 4) is 5.75 Å². The number of aromatic nitrogens is 1. The summed E-state index contributed by atoms with van der Waals surface area (Å²) in [6.07, 6.45) is 0.936. The maximum absolute atomic E-state index is 12.5. The molecule has 0 aliphatic heterocycles. The second kappa shape index (κ2) is 9.17. The molecule has 0 radical (unpaired) electrons. The first-order valence-electron chi connectivity index (χ1n) is 9.26. The van der Waals surface area contributed by atoms with Gasteiger partial charge in [0.1, 0.15) is 17.4 Å². The van der Waals surface area contributed by atoms with Crippen molar-refractivity contribution in [3.05, 3.63) is 45.4 Å². The molecule has 0 spiro atoms. The van der Waals surface area contributed by atoms with E-state index in [0.717, 1.165) is 28.4 Å². The average molecular weight is 375 g/mol. The molecule has 26 heavy (non-hydrogen) atoms. The summed E-state index contributed by atoms with van der Waals surface area (Å²) < 4.78 is 5.94. The summed E-state index contributed by atoms with van der Waals surface area (Å²) in [4.78, 5) is 19.1. The maximum Gasteiger partial charge on any atom is 0.225 e. The maximum atomic E-state index is 12.5. The number of thiazole rings is 1. The highest BCUT2D eigenvalue weighted by Gasteiger charge is 2.22. The summed E-state index contributed by atoms with van der Waals surface area (Å²) in [5.41, 5.74) is 3.32. The molecule has 1 amide bonds. The molecule has 5 heteroatoms. The SMILES string of the molecule is CCC(C)N(Cc1csc(COc2cccc(C)c2C)n1)C(=O)C(C)C. The van der Waals surface area contributed by atoms with Gasteiger partial charge in [0, 0.05) is 17.3 Å². The first kappa shape index (κ1) is 20.4. The zero-order chi connectivity index (χ0) is 19.3. The predicted octanol–water partition coefficient (Wildman–Crippen LogP) is 5.12. The molecule has 0 N–H and O–H groups in total. The van der Waals surface area contributed by atoms with Crippen molar-refractivity contribution in [1.29, 1.82) is 0 Å². The Balaban J connectivity index is 2.04. The van der Waals surface area contributed by atoms with E-state index in [2.05, 4.69) is 38.7 Å². The van der Waals surface area contributed by atoms with Crippen LogP contribution in [0.1, 0.15) is 55.9 Å². The molecule has 0 saturated carbocycles. The third-order valence-corrected chi connectivity index (χ3v) is 5.61. The zero-order valence-corrected chi connectivity index (χ0v) is 17.5. The van der Waals surface area contributed by atoms with Crippen LogP contribution in [0.25, 0.3) is 0 Å². The highest BCUT2D eigenvalue weighted by molar-refractivity contribution is 7.09. The Hall–Kier alpha value is -1.88. The van der Waals surface area contributed by atoms with Crippen LogP contribution in [0.2, 0.25) is 0 Å². The monoisotopic (exact) mass is 374 g/mol. The van der Waals surface area contributed by atoms with Crippen LogP contribution in [-0.2, 0) is 17.9 Å². The van der Waals surface area contributed by atoms with Gasteiger partial charge in [0.15, 0.2) is 0 Å². The van der Waals surface area contributed by atoms with E-state index in [1.165, 1.54) is 5.56 Å². The lowest BCUT2D eigenvalue weighted by molar-refractivity contribution is -0.137. The molecule has 2 aromatic rings. The summed E-state index contributed by atoms with van der Waals surface area (Å²) in [7, 11) is 0. The summed E-state index contributed by atoms with van der Waals surface area (Å²) in [6, 6.07) is 6.29. The molecule has 1 aromatic heterocycles. The largest absolute Gasteiger partial charge is 0.486 e.